The molecule has 1 aromatic rings. The summed E-state index contributed by atoms with van der Waals surface area (Å²) in [6.45, 7) is 7.78. The lowest BCUT2D eigenvalue weighted by atomic mass is 10.1. The highest BCUT2D eigenvalue weighted by molar-refractivity contribution is 7.89. The number of sulfonamides is 1. The topological polar surface area (TPSA) is 72.6 Å². The fraction of sp³-hybridized carbons (Fsp3) is 0.571. The van der Waals surface area contributed by atoms with Gasteiger partial charge in [-0.1, -0.05) is 13.0 Å². The van der Waals surface area contributed by atoms with Crippen LogP contribution >= 0.6 is 0 Å². The normalized spacial score (nSPS) is 12.1. The molecular weight excluding hydrogens is 276 g/mol. The molecular formula is C14H24N2O3S. The van der Waals surface area contributed by atoms with E-state index in [4.69, 9.17) is 10.5 Å². The van der Waals surface area contributed by atoms with Gasteiger partial charge in [-0.05, 0) is 37.1 Å². The summed E-state index contributed by atoms with van der Waals surface area (Å²) in [6, 6.07) is 5.08. The Morgan fingerprint density at radius 3 is 2.50 bits per heavy atom. The lowest BCUT2D eigenvalue weighted by molar-refractivity contribution is 0.135. The van der Waals surface area contributed by atoms with Crippen LogP contribution in [0.25, 0.3) is 0 Å². The van der Waals surface area contributed by atoms with Crippen molar-refractivity contribution in [3.8, 4) is 0 Å². The first-order valence-electron chi connectivity index (χ1n) is 6.84. The lowest BCUT2D eigenvalue weighted by Gasteiger charge is -2.21. The van der Waals surface area contributed by atoms with Crippen molar-refractivity contribution in [2.75, 3.05) is 26.3 Å². The Hall–Kier alpha value is -0.950. The monoisotopic (exact) mass is 300 g/mol. The van der Waals surface area contributed by atoms with Crippen LogP contribution in [0.15, 0.2) is 23.1 Å². The molecule has 0 fully saturated rings. The van der Waals surface area contributed by atoms with Gasteiger partial charge in [0.25, 0.3) is 0 Å². The lowest BCUT2D eigenvalue weighted by Crippen LogP contribution is -2.34. The minimum atomic E-state index is -3.47. The number of aryl methyl sites for hydroxylation is 1. The minimum absolute atomic E-state index is 0.311. The summed E-state index contributed by atoms with van der Waals surface area (Å²) in [7, 11) is -3.47. The van der Waals surface area contributed by atoms with Crippen LogP contribution < -0.4 is 5.73 Å². The van der Waals surface area contributed by atoms with E-state index in [9.17, 15) is 8.42 Å². The zero-order valence-electron chi connectivity index (χ0n) is 12.4. The van der Waals surface area contributed by atoms with Gasteiger partial charge < -0.3 is 10.5 Å². The van der Waals surface area contributed by atoms with E-state index in [0.29, 0.717) is 37.7 Å². The maximum Gasteiger partial charge on any atom is 0.243 e. The Morgan fingerprint density at radius 2 is 2.00 bits per heavy atom. The van der Waals surface area contributed by atoms with Crippen LogP contribution in [0.3, 0.4) is 0 Å². The summed E-state index contributed by atoms with van der Waals surface area (Å²) in [5.74, 6) is 0. The maximum absolute atomic E-state index is 12.5. The van der Waals surface area contributed by atoms with Crippen LogP contribution in [-0.4, -0.2) is 39.0 Å². The van der Waals surface area contributed by atoms with Gasteiger partial charge >= 0.3 is 0 Å². The Kier molecular flexibility index (Phi) is 6.61. The van der Waals surface area contributed by atoms with Crippen molar-refractivity contribution < 1.29 is 13.2 Å². The fourth-order valence-corrected chi connectivity index (χ4v) is 3.48. The summed E-state index contributed by atoms with van der Waals surface area (Å²) in [5.41, 5.74) is 7.46. The van der Waals surface area contributed by atoms with Gasteiger partial charge in [-0.15, -0.1) is 0 Å². The van der Waals surface area contributed by atoms with Gasteiger partial charge in [-0.25, -0.2) is 8.42 Å². The van der Waals surface area contributed by atoms with Gasteiger partial charge in [0, 0.05) is 26.2 Å². The number of benzene rings is 1. The number of hydrogen-bond acceptors (Lipinski definition) is 4. The van der Waals surface area contributed by atoms with Crippen LogP contribution in [-0.2, 0) is 21.3 Å². The van der Waals surface area contributed by atoms with E-state index in [2.05, 4.69) is 0 Å². The molecule has 0 unspecified atom stereocenters. The SMILES string of the molecule is CCOCCN(CC)S(=O)(=O)c1ccc(CN)c(C)c1. The average molecular weight is 300 g/mol. The smallest absolute Gasteiger partial charge is 0.243 e. The van der Waals surface area contributed by atoms with Gasteiger partial charge in [-0.2, -0.15) is 4.31 Å². The van der Waals surface area contributed by atoms with Crippen LogP contribution in [0.1, 0.15) is 25.0 Å². The number of hydrogen-bond donors (Lipinski definition) is 1. The van der Waals surface area contributed by atoms with Crippen LogP contribution in [0, 0.1) is 6.92 Å². The highest BCUT2D eigenvalue weighted by atomic mass is 32.2. The van der Waals surface area contributed by atoms with E-state index in [1.54, 1.807) is 18.2 Å². The molecule has 1 rings (SSSR count). The second kappa shape index (κ2) is 7.73. The third kappa shape index (κ3) is 4.02. The van der Waals surface area contributed by atoms with Crippen molar-refractivity contribution >= 4 is 10.0 Å². The predicted octanol–water partition coefficient (Wildman–Crippen LogP) is 1.50. The van der Waals surface area contributed by atoms with Crippen molar-refractivity contribution in [1.82, 2.24) is 4.31 Å². The highest BCUT2D eigenvalue weighted by Gasteiger charge is 2.23. The van der Waals surface area contributed by atoms with Crippen molar-refractivity contribution in [3.05, 3.63) is 29.3 Å². The molecule has 0 amide bonds. The van der Waals surface area contributed by atoms with Crippen LogP contribution in [0.5, 0.6) is 0 Å². The molecule has 0 saturated carbocycles. The predicted molar refractivity (Wildman–Crippen MR) is 80.0 cm³/mol. The number of rotatable bonds is 8. The summed E-state index contributed by atoms with van der Waals surface area (Å²) < 4.78 is 31.8. The zero-order chi connectivity index (χ0) is 15.2. The van der Waals surface area contributed by atoms with E-state index < -0.39 is 10.0 Å². The third-order valence-corrected chi connectivity index (χ3v) is 5.18. The number of nitrogens with two attached hydrogens (primary N) is 1. The quantitative estimate of drug-likeness (QED) is 0.738. The number of ether oxygens (including phenoxy) is 1. The average Bonchev–Trinajstić information content (AvgIpc) is 2.43. The molecule has 5 nitrogen and oxygen atoms in total. The first-order chi connectivity index (χ1) is 9.47. The Bertz CT molecular complexity index is 529. The molecule has 0 bridgehead atoms. The third-order valence-electron chi connectivity index (χ3n) is 3.21. The maximum atomic E-state index is 12.5. The molecule has 0 spiro atoms. The van der Waals surface area contributed by atoms with Crippen LogP contribution in [0.2, 0.25) is 0 Å². The summed E-state index contributed by atoms with van der Waals surface area (Å²) in [6.07, 6.45) is 0. The molecule has 0 aliphatic heterocycles. The van der Waals surface area contributed by atoms with Gasteiger partial charge in [0.15, 0.2) is 0 Å². The first-order valence-corrected chi connectivity index (χ1v) is 8.28. The van der Waals surface area contributed by atoms with E-state index in [1.165, 1.54) is 4.31 Å². The Morgan fingerprint density at radius 1 is 1.30 bits per heavy atom. The van der Waals surface area contributed by atoms with E-state index in [0.717, 1.165) is 11.1 Å². The number of likely N-dealkylation sites (N-methyl/N-ethyl adjacent to an activating group) is 1. The second-order valence-electron chi connectivity index (χ2n) is 4.49. The van der Waals surface area contributed by atoms with E-state index in [1.807, 2.05) is 20.8 Å². The molecule has 0 saturated heterocycles. The molecule has 2 N–H and O–H groups in total. The minimum Gasteiger partial charge on any atom is -0.380 e. The molecule has 0 aliphatic carbocycles. The molecule has 20 heavy (non-hydrogen) atoms. The molecule has 0 heterocycles. The van der Waals surface area contributed by atoms with Gasteiger partial charge in [0.1, 0.15) is 0 Å². The van der Waals surface area contributed by atoms with Crippen molar-refractivity contribution in [2.45, 2.75) is 32.2 Å². The first kappa shape index (κ1) is 17.1. The van der Waals surface area contributed by atoms with Gasteiger partial charge in [0.2, 0.25) is 10.0 Å². The molecule has 0 atom stereocenters. The molecule has 114 valence electrons. The Labute approximate surface area is 121 Å². The Balaban J connectivity index is 2.98. The highest BCUT2D eigenvalue weighted by Crippen LogP contribution is 2.19. The summed E-state index contributed by atoms with van der Waals surface area (Å²) >= 11 is 0. The van der Waals surface area contributed by atoms with E-state index in [-0.39, 0.29) is 0 Å². The van der Waals surface area contributed by atoms with Crippen molar-refractivity contribution in [1.29, 1.82) is 0 Å². The summed E-state index contributed by atoms with van der Waals surface area (Å²) in [4.78, 5) is 0.311. The van der Waals surface area contributed by atoms with Gasteiger partial charge in [-0.3, -0.25) is 0 Å². The fourth-order valence-electron chi connectivity index (χ4n) is 1.97. The zero-order valence-corrected chi connectivity index (χ0v) is 13.2. The van der Waals surface area contributed by atoms with E-state index >= 15 is 0 Å². The molecule has 0 radical (unpaired) electrons. The second-order valence-corrected chi connectivity index (χ2v) is 6.42. The summed E-state index contributed by atoms with van der Waals surface area (Å²) in [5, 5.41) is 0. The van der Waals surface area contributed by atoms with Crippen molar-refractivity contribution in [3.63, 3.8) is 0 Å². The van der Waals surface area contributed by atoms with Crippen molar-refractivity contribution in [2.24, 2.45) is 5.73 Å². The van der Waals surface area contributed by atoms with Gasteiger partial charge in [0.05, 0.1) is 11.5 Å². The molecule has 0 aromatic heterocycles. The standard InChI is InChI=1S/C14H24N2O3S/c1-4-16(8-9-19-5-2)20(17,18)14-7-6-13(11-15)12(3)10-14/h6-7,10H,4-5,8-9,11,15H2,1-3H3. The molecule has 0 aliphatic rings. The molecule has 6 heteroatoms. The number of nitrogens with zero attached hydrogens (tertiary/aromatic N) is 1. The largest absolute Gasteiger partial charge is 0.380 e. The van der Waals surface area contributed by atoms with Crippen LogP contribution in [0.4, 0.5) is 0 Å². The molecule has 1 aromatic carbocycles.